The maximum absolute atomic E-state index is 12.2. The van der Waals surface area contributed by atoms with E-state index in [1.807, 2.05) is 0 Å². The predicted molar refractivity (Wildman–Crippen MR) is 74.6 cm³/mol. The van der Waals surface area contributed by atoms with Gasteiger partial charge in [0.1, 0.15) is 6.61 Å². The highest BCUT2D eigenvalue weighted by Crippen LogP contribution is 2.19. The zero-order chi connectivity index (χ0) is 14.4. The number of hydrogen-bond acceptors (Lipinski definition) is 5. The summed E-state index contributed by atoms with van der Waals surface area (Å²) in [6.07, 6.45) is 6.09. The summed E-state index contributed by atoms with van der Waals surface area (Å²) in [5.74, 6) is 1.24. The van der Waals surface area contributed by atoms with Crippen molar-refractivity contribution in [2.75, 3.05) is 31.7 Å². The molecule has 2 rings (SSSR count). The van der Waals surface area contributed by atoms with Crippen LogP contribution in [0.15, 0.2) is 24.3 Å². The van der Waals surface area contributed by atoms with Gasteiger partial charge in [0.05, 0.1) is 24.8 Å². The van der Waals surface area contributed by atoms with Crippen molar-refractivity contribution in [3.05, 3.63) is 24.3 Å². The van der Waals surface area contributed by atoms with E-state index >= 15 is 0 Å². The highest BCUT2D eigenvalue weighted by Gasteiger charge is 2.20. The molecule has 1 aliphatic rings. The molecule has 0 amide bonds. The van der Waals surface area contributed by atoms with Crippen LogP contribution < -0.4 is 9.64 Å². The van der Waals surface area contributed by atoms with Gasteiger partial charge in [-0.1, -0.05) is 0 Å². The van der Waals surface area contributed by atoms with Gasteiger partial charge in [-0.2, -0.15) is 0 Å². The summed E-state index contributed by atoms with van der Waals surface area (Å²) in [6, 6.07) is 0. The molecule has 1 aromatic rings. The predicted octanol–water partition coefficient (Wildman–Crippen LogP) is 2.34. The molecule has 0 bridgehead atoms. The molecule has 5 nitrogen and oxygen atoms in total. The molecule has 0 aliphatic carbocycles. The van der Waals surface area contributed by atoms with Crippen molar-refractivity contribution in [2.45, 2.75) is 25.9 Å². The van der Waals surface area contributed by atoms with Crippen molar-refractivity contribution in [3.8, 4) is 5.75 Å². The van der Waals surface area contributed by atoms with Gasteiger partial charge in [-0.05, 0) is 25.3 Å². The number of anilines is 1. The number of rotatable bonds is 5. The Morgan fingerprint density at radius 2 is 2.05 bits per heavy atom. The maximum Gasteiger partial charge on any atom is 0.225 e. The Balaban J connectivity index is 1.88. The van der Waals surface area contributed by atoms with Crippen molar-refractivity contribution in [3.63, 3.8) is 0 Å². The Morgan fingerprint density at radius 3 is 2.60 bits per heavy atom. The third-order valence-electron chi connectivity index (χ3n) is 3.33. The number of hydrogen-bond donors (Lipinski definition) is 0. The molecule has 6 heteroatoms. The van der Waals surface area contributed by atoms with Gasteiger partial charge in [-0.3, -0.25) is 0 Å². The van der Waals surface area contributed by atoms with Gasteiger partial charge in [0.15, 0.2) is 5.75 Å². The first-order valence-corrected chi connectivity index (χ1v) is 6.71. The lowest BCUT2D eigenvalue weighted by Crippen LogP contribution is -2.37. The van der Waals surface area contributed by atoms with Crippen molar-refractivity contribution < 1.29 is 13.9 Å². The summed E-state index contributed by atoms with van der Waals surface area (Å²) >= 11 is 0. The maximum atomic E-state index is 12.2. The molecule has 0 saturated carbocycles. The summed E-state index contributed by atoms with van der Waals surface area (Å²) in [5, 5.41) is 0. The molecule has 0 N–H and O–H groups in total. The molecule has 20 heavy (non-hydrogen) atoms. The van der Waals surface area contributed by atoms with Gasteiger partial charge < -0.3 is 14.4 Å². The lowest BCUT2D eigenvalue weighted by molar-refractivity contribution is 0.0816. The third-order valence-corrected chi connectivity index (χ3v) is 3.33. The van der Waals surface area contributed by atoms with Crippen molar-refractivity contribution in [1.29, 1.82) is 0 Å². The van der Waals surface area contributed by atoms with Crippen LogP contribution in [0.1, 0.15) is 19.8 Å². The first kappa shape index (κ1) is 14.7. The van der Waals surface area contributed by atoms with Crippen LogP contribution in [0.2, 0.25) is 0 Å². The van der Waals surface area contributed by atoms with E-state index in [4.69, 9.17) is 9.47 Å². The first-order valence-electron chi connectivity index (χ1n) is 6.71. The van der Waals surface area contributed by atoms with Crippen LogP contribution in [-0.2, 0) is 4.74 Å². The van der Waals surface area contributed by atoms with E-state index in [2.05, 4.69) is 14.9 Å². The van der Waals surface area contributed by atoms with Crippen molar-refractivity contribution >= 4 is 5.95 Å². The van der Waals surface area contributed by atoms with Gasteiger partial charge in [0, 0.05) is 20.2 Å². The minimum atomic E-state index is 0.207. The molecule has 0 unspecified atom stereocenters. The number of halogens is 1. The first-order chi connectivity index (χ1) is 9.72. The van der Waals surface area contributed by atoms with Crippen LogP contribution in [-0.4, -0.2) is 42.9 Å². The monoisotopic (exact) mass is 281 g/mol. The van der Waals surface area contributed by atoms with E-state index in [1.54, 1.807) is 26.4 Å². The van der Waals surface area contributed by atoms with E-state index in [0.29, 0.717) is 29.7 Å². The van der Waals surface area contributed by atoms with Gasteiger partial charge >= 0.3 is 0 Å². The van der Waals surface area contributed by atoms with Crippen LogP contribution in [0.25, 0.3) is 0 Å². The molecule has 1 aliphatic heterocycles. The second-order valence-corrected chi connectivity index (χ2v) is 4.89. The van der Waals surface area contributed by atoms with Crippen LogP contribution in [0.5, 0.6) is 5.75 Å². The van der Waals surface area contributed by atoms with Crippen molar-refractivity contribution in [1.82, 2.24) is 9.97 Å². The van der Waals surface area contributed by atoms with E-state index < -0.39 is 0 Å². The molecule has 110 valence electrons. The van der Waals surface area contributed by atoms with Gasteiger partial charge in [0.25, 0.3) is 0 Å². The number of methoxy groups -OCH3 is 1. The standard InChI is InChI=1S/C14H20FN3O2/c1-11(7-15)10-20-13-8-16-14(17-9-13)18-5-3-12(19-2)4-6-18/h7-9,12H,3-6,10H2,1-2H3/b11-7+. The summed E-state index contributed by atoms with van der Waals surface area (Å²) in [7, 11) is 1.75. The normalized spacial score (nSPS) is 17.4. The smallest absolute Gasteiger partial charge is 0.225 e. The quantitative estimate of drug-likeness (QED) is 0.829. The lowest BCUT2D eigenvalue weighted by atomic mass is 10.1. The van der Waals surface area contributed by atoms with Crippen LogP contribution in [0.3, 0.4) is 0 Å². The zero-order valence-corrected chi connectivity index (χ0v) is 11.9. The highest BCUT2D eigenvalue weighted by atomic mass is 19.1. The fraction of sp³-hybridized carbons (Fsp3) is 0.571. The summed E-state index contributed by atoms with van der Waals surface area (Å²) < 4.78 is 22.9. The molecule has 2 heterocycles. The van der Waals surface area contributed by atoms with E-state index in [-0.39, 0.29) is 6.61 Å². The second-order valence-electron chi connectivity index (χ2n) is 4.89. The van der Waals surface area contributed by atoms with Gasteiger partial charge in [-0.25, -0.2) is 14.4 Å². The molecule has 1 saturated heterocycles. The van der Waals surface area contributed by atoms with Crippen molar-refractivity contribution in [2.24, 2.45) is 0 Å². The minimum absolute atomic E-state index is 0.207. The Bertz CT molecular complexity index is 442. The fourth-order valence-corrected chi connectivity index (χ4v) is 2.07. The topological polar surface area (TPSA) is 47.5 Å². The molecule has 1 fully saturated rings. The number of piperidine rings is 1. The Labute approximate surface area is 118 Å². The molecule has 0 spiro atoms. The Kier molecular flexibility index (Phi) is 5.29. The second kappa shape index (κ2) is 7.19. The van der Waals surface area contributed by atoms with Gasteiger partial charge in [0.2, 0.25) is 5.95 Å². The molecule has 0 atom stereocenters. The molecular formula is C14H20FN3O2. The minimum Gasteiger partial charge on any atom is -0.486 e. The average Bonchev–Trinajstić information content (AvgIpc) is 2.53. The number of ether oxygens (including phenoxy) is 2. The molecule has 0 aromatic carbocycles. The van der Waals surface area contributed by atoms with E-state index in [0.717, 1.165) is 25.9 Å². The van der Waals surface area contributed by atoms with Crippen LogP contribution in [0.4, 0.5) is 10.3 Å². The lowest BCUT2D eigenvalue weighted by Gasteiger charge is -2.31. The van der Waals surface area contributed by atoms with Gasteiger partial charge in [-0.15, -0.1) is 0 Å². The Morgan fingerprint density at radius 1 is 1.40 bits per heavy atom. The van der Waals surface area contributed by atoms with Crippen LogP contribution >= 0.6 is 0 Å². The van der Waals surface area contributed by atoms with E-state index in [1.165, 1.54) is 0 Å². The molecule has 1 aromatic heterocycles. The zero-order valence-electron chi connectivity index (χ0n) is 11.9. The fourth-order valence-electron chi connectivity index (χ4n) is 2.07. The largest absolute Gasteiger partial charge is 0.486 e. The summed E-state index contributed by atoms with van der Waals surface area (Å²) in [4.78, 5) is 10.7. The summed E-state index contributed by atoms with van der Waals surface area (Å²) in [6.45, 7) is 3.65. The Hall–Kier alpha value is -1.69. The summed E-state index contributed by atoms with van der Waals surface area (Å²) in [5.41, 5.74) is 0.524. The molecule has 0 radical (unpaired) electrons. The SMILES string of the molecule is COC1CCN(c2ncc(OC/C(C)=C/F)cn2)CC1. The van der Waals surface area contributed by atoms with E-state index in [9.17, 15) is 4.39 Å². The number of aromatic nitrogens is 2. The molecular weight excluding hydrogens is 261 g/mol. The highest BCUT2D eigenvalue weighted by molar-refractivity contribution is 5.32. The number of nitrogens with zero attached hydrogens (tertiary/aromatic N) is 3. The van der Waals surface area contributed by atoms with Crippen LogP contribution in [0, 0.1) is 0 Å². The third kappa shape index (κ3) is 3.90. The average molecular weight is 281 g/mol.